The van der Waals surface area contributed by atoms with Crippen LogP contribution in [0.4, 0.5) is 4.79 Å². The minimum atomic E-state index is -0.491. The summed E-state index contributed by atoms with van der Waals surface area (Å²) >= 11 is 0. The number of carbonyl (C=O) groups excluding carboxylic acids is 1. The van der Waals surface area contributed by atoms with Crippen LogP contribution in [0.3, 0.4) is 0 Å². The van der Waals surface area contributed by atoms with Gasteiger partial charge in [0.25, 0.3) is 0 Å². The van der Waals surface area contributed by atoms with Crippen LogP contribution in [0.25, 0.3) is 0 Å². The number of hydrogen-bond donors (Lipinski definition) is 4. The number of amides is 2. The molecule has 0 aliphatic carbocycles. The highest BCUT2D eigenvalue weighted by atomic mass is 16.3. The normalized spacial score (nSPS) is 11.9. The molecule has 0 saturated carbocycles. The quantitative estimate of drug-likeness (QED) is 0.617. The van der Waals surface area contributed by atoms with Gasteiger partial charge in [-0.25, -0.2) is 4.79 Å². The number of aliphatic hydroxyl groups excluding tert-OH is 1. The molecule has 1 aromatic carbocycles. The van der Waals surface area contributed by atoms with E-state index < -0.39 is 6.10 Å². The molecule has 1 unspecified atom stereocenters. The van der Waals surface area contributed by atoms with Gasteiger partial charge in [0.15, 0.2) is 0 Å². The second-order valence-corrected chi connectivity index (χ2v) is 4.17. The highest BCUT2D eigenvalue weighted by molar-refractivity contribution is 5.73. The molecule has 2 amide bonds. The number of urea groups is 1. The summed E-state index contributed by atoms with van der Waals surface area (Å²) in [7, 11) is 0. The maximum absolute atomic E-state index is 11.4. The maximum atomic E-state index is 11.4. The van der Waals surface area contributed by atoms with Crippen LogP contribution < -0.4 is 10.6 Å². The van der Waals surface area contributed by atoms with E-state index in [0.717, 1.165) is 12.0 Å². The maximum Gasteiger partial charge on any atom is 0.315 e. The molecule has 0 saturated heterocycles. The van der Waals surface area contributed by atoms with E-state index in [4.69, 9.17) is 5.11 Å². The average Bonchev–Trinajstić information content (AvgIpc) is 2.36. The van der Waals surface area contributed by atoms with Gasteiger partial charge in [-0.3, -0.25) is 0 Å². The van der Waals surface area contributed by atoms with Crippen molar-refractivity contribution in [1.82, 2.24) is 10.6 Å². The molecule has 18 heavy (non-hydrogen) atoms. The second kappa shape index (κ2) is 7.55. The van der Waals surface area contributed by atoms with Gasteiger partial charge in [-0.2, -0.15) is 0 Å². The lowest BCUT2D eigenvalue weighted by atomic mass is 10.2. The molecule has 5 nitrogen and oxygen atoms in total. The van der Waals surface area contributed by atoms with E-state index in [1.165, 1.54) is 0 Å². The smallest absolute Gasteiger partial charge is 0.315 e. The van der Waals surface area contributed by atoms with Gasteiger partial charge in [0.1, 0.15) is 5.75 Å². The number of hydrogen-bond acceptors (Lipinski definition) is 3. The van der Waals surface area contributed by atoms with Crippen LogP contribution in [-0.2, 0) is 6.54 Å². The summed E-state index contributed by atoms with van der Waals surface area (Å²) in [6.07, 6.45) is 1.07. The van der Waals surface area contributed by atoms with Crippen molar-refractivity contribution in [3.63, 3.8) is 0 Å². The second-order valence-electron chi connectivity index (χ2n) is 4.17. The first-order valence-electron chi connectivity index (χ1n) is 6.09. The Morgan fingerprint density at radius 3 is 2.56 bits per heavy atom. The van der Waals surface area contributed by atoms with E-state index >= 15 is 0 Å². The molecule has 0 aromatic heterocycles. The van der Waals surface area contributed by atoms with Gasteiger partial charge in [-0.1, -0.05) is 25.5 Å². The average molecular weight is 252 g/mol. The Morgan fingerprint density at radius 2 is 1.94 bits per heavy atom. The summed E-state index contributed by atoms with van der Waals surface area (Å²) in [4.78, 5) is 11.4. The van der Waals surface area contributed by atoms with Crippen molar-refractivity contribution < 1.29 is 15.0 Å². The molecule has 100 valence electrons. The minimum absolute atomic E-state index is 0.200. The van der Waals surface area contributed by atoms with E-state index in [9.17, 15) is 9.90 Å². The first-order valence-corrected chi connectivity index (χ1v) is 6.09. The van der Waals surface area contributed by atoms with Crippen LogP contribution in [0.2, 0.25) is 0 Å². The van der Waals surface area contributed by atoms with Crippen molar-refractivity contribution in [2.45, 2.75) is 32.4 Å². The molecular weight excluding hydrogens is 232 g/mol. The molecule has 0 spiro atoms. The summed E-state index contributed by atoms with van der Waals surface area (Å²) in [5.41, 5.74) is 0.900. The Bertz CT molecular complexity index is 365. The van der Waals surface area contributed by atoms with Crippen molar-refractivity contribution in [3.8, 4) is 5.75 Å². The number of rotatable bonds is 6. The highest BCUT2D eigenvalue weighted by Gasteiger charge is 2.05. The van der Waals surface area contributed by atoms with Crippen LogP contribution in [0.15, 0.2) is 24.3 Å². The van der Waals surface area contributed by atoms with Crippen LogP contribution in [0.1, 0.15) is 25.3 Å². The van der Waals surface area contributed by atoms with Gasteiger partial charge in [0.05, 0.1) is 6.10 Å². The molecule has 5 heteroatoms. The molecule has 1 rings (SSSR count). The Labute approximate surface area is 107 Å². The zero-order valence-corrected chi connectivity index (χ0v) is 10.5. The molecule has 0 radical (unpaired) electrons. The Morgan fingerprint density at radius 1 is 1.28 bits per heavy atom. The molecule has 1 aromatic rings. The fourth-order valence-electron chi connectivity index (χ4n) is 1.50. The number of benzene rings is 1. The number of carbonyl (C=O) groups is 1. The predicted octanol–water partition coefficient (Wildman–Crippen LogP) is 1.35. The van der Waals surface area contributed by atoms with E-state index in [1.807, 2.05) is 6.92 Å². The predicted molar refractivity (Wildman–Crippen MR) is 69.3 cm³/mol. The number of phenolic OH excluding ortho intramolecular Hbond substituents is 1. The fraction of sp³-hybridized carbons (Fsp3) is 0.462. The first-order chi connectivity index (χ1) is 8.61. The Kier molecular flexibility index (Phi) is 6.00. The summed E-state index contributed by atoms with van der Waals surface area (Å²) in [5.74, 6) is 0.200. The third-order valence-electron chi connectivity index (χ3n) is 2.51. The summed E-state index contributed by atoms with van der Waals surface area (Å²) in [6, 6.07) is 6.31. The van der Waals surface area contributed by atoms with Crippen LogP contribution in [0.5, 0.6) is 5.75 Å². The van der Waals surface area contributed by atoms with Crippen molar-refractivity contribution in [2.75, 3.05) is 6.54 Å². The lowest BCUT2D eigenvalue weighted by molar-refractivity contribution is 0.160. The van der Waals surface area contributed by atoms with Crippen molar-refractivity contribution >= 4 is 6.03 Å². The minimum Gasteiger partial charge on any atom is -0.508 e. The van der Waals surface area contributed by atoms with E-state index in [0.29, 0.717) is 13.0 Å². The van der Waals surface area contributed by atoms with Crippen LogP contribution in [-0.4, -0.2) is 28.9 Å². The summed E-state index contributed by atoms with van der Waals surface area (Å²) < 4.78 is 0. The first kappa shape index (κ1) is 14.3. The van der Waals surface area contributed by atoms with E-state index in [1.54, 1.807) is 24.3 Å². The number of aromatic hydroxyl groups is 1. The van der Waals surface area contributed by atoms with Crippen molar-refractivity contribution in [3.05, 3.63) is 29.8 Å². The largest absolute Gasteiger partial charge is 0.508 e. The highest BCUT2D eigenvalue weighted by Crippen LogP contribution is 2.08. The molecule has 0 heterocycles. The molecule has 0 aliphatic rings. The molecule has 4 N–H and O–H groups in total. The fourth-order valence-corrected chi connectivity index (χ4v) is 1.50. The molecule has 0 bridgehead atoms. The number of nitrogens with one attached hydrogen (secondary N) is 2. The third kappa shape index (κ3) is 5.54. The van der Waals surface area contributed by atoms with Gasteiger partial charge in [-0.05, 0) is 24.1 Å². The van der Waals surface area contributed by atoms with Crippen molar-refractivity contribution in [1.29, 1.82) is 0 Å². The zero-order chi connectivity index (χ0) is 13.4. The number of phenols is 1. The van der Waals surface area contributed by atoms with Crippen LogP contribution in [0, 0.1) is 0 Å². The van der Waals surface area contributed by atoms with Crippen molar-refractivity contribution in [2.24, 2.45) is 0 Å². The molecule has 0 fully saturated rings. The van der Waals surface area contributed by atoms with Gasteiger partial charge in [0.2, 0.25) is 0 Å². The lowest BCUT2D eigenvalue weighted by Crippen LogP contribution is -2.39. The molecule has 0 aliphatic heterocycles. The van der Waals surface area contributed by atoms with Gasteiger partial charge in [0, 0.05) is 13.1 Å². The molecule has 1 atom stereocenters. The third-order valence-corrected chi connectivity index (χ3v) is 2.51. The van der Waals surface area contributed by atoms with Gasteiger partial charge in [-0.15, -0.1) is 0 Å². The van der Waals surface area contributed by atoms with E-state index in [2.05, 4.69) is 10.6 Å². The summed E-state index contributed by atoms with van der Waals surface area (Å²) in [5, 5.41) is 23.8. The van der Waals surface area contributed by atoms with Crippen LogP contribution >= 0.6 is 0 Å². The Hall–Kier alpha value is -1.75. The lowest BCUT2D eigenvalue weighted by Gasteiger charge is -2.11. The van der Waals surface area contributed by atoms with Gasteiger partial charge >= 0.3 is 6.03 Å². The molecular formula is C13H20N2O3. The standard InChI is InChI=1S/C13H20N2O3/c1-2-3-12(17)9-15-13(18)14-8-10-4-6-11(16)7-5-10/h4-7,12,16-17H,2-3,8-9H2,1H3,(H2,14,15,18). The Balaban J connectivity index is 2.22. The zero-order valence-electron chi connectivity index (χ0n) is 10.5. The monoisotopic (exact) mass is 252 g/mol. The number of aliphatic hydroxyl groups is 1. The topological polar surface area (TPSA) is 81.6 Å². The van der Waals surface area contributed by atoms with Gasteiger partial charge < -0.3 is 20.8 Å². The summed E-state index contributed by atoms with van der Waals surface area (Å²) in [6.45, 7) is 2.62. The van der Waals surface area contributed by atoms with E-state index in [-0.39, 0.29) is 18.3 Å². The SMILES string of the molecule is CCCC(O)CNC(=O)NCc1ccc(O)cc1.